The van der Waals surface area contributed by atoms with E-state index in [0.29, 0.717) is 11.6 Å². The van der Waals surface area contributed by atoms with E-state index in [1.807, 2.05) is 0 Å². The molecule has 0 aromatic heterocycles. The third kappa shape index (κ3) is 3.33. The Morgan fingerprint density at radius 2 is 2.14 bits per heavy atom. The van der Waals surface area contributed by atoms with Gasteiger partial charge in [-0.25, -0.2) is 0 Å². The topological polar surface area (TPSA) is 69.9 Å². The number of non-ortho nitro benzene ring substituents is 1. The van der Waals surface area contributed by atoms with E-state index in [1.54, 1.807) is 6.07 Å². The van der Waals surface area contributed by atoms with Crippen molar-refractivity contribution in [1.82, 2.24) is 4.90 Å². The van der Waals surface area contributed by atoms with E-state index in [2.05, 4.69) is 23.6 Å². The lowest BCUT2D eigenvalue weighted by Crippen LogP contribution is -2.37. The molecule has 0 saturated carbocycles. The lowest BCUT2D eigenvalue weighted by atomic mass is 10.1. The molecule has 0 bridgehead atoms. The quantitative estimate of drug-likeness (QED) is 0.642. The molecule has 1 aromatic rings. The second-order valence-electron chi connectivity index (χ2n) is 5.34. The average Bonchev–Trinajstić information content (AvgIpc) is 2.97. The minimum absolute atomic E-state index is 0.0299. The molecule has 6 nitrogen and oxygen atoms in total. The van der Waals surface area contributed by atoms with Gasteiger partial charge in [0.05, 0.1) is 11.5 Å². The van der Waals surface area contributed by atoms with Crippen LogP contribution in [0, 0.1) is 10.1 Å². The highest BCUT2D eigenvalue weighted by Crippen LogP contribution is 2.29. The number of hydrogen-bond acceptors (Lipinski definition) is 5. The molecule has 21 heavy (non-hydrogen) atoms. The molecule has 0 radical (unpaired) electrons. The molecule has 2 rings (SSSR count). The van der Waals surface area contributed by atoms with Gasteiger partial charge in [-0.2, -0.15) is 0 Å². The van der Waals surface area contributed by atoms with Gasteiger partial charge in [0, 0.05) is 42.5 Å². The summed E-state index contributed by atoms with van der Waals surface area (Å²) in [5.74, 6) is 0. The monoisotopic (exact) mass is 293 g/mol. The third-order valence-corrected chi connectivity index (χ3v) is 4.28. The van der Waals surface area contributed by atoms with Crippen molar-refractivity contribution in [1.29, 1.82) is 0 Å². The summed E-state index contributed by atoms with van der Waals surface area (Å²) in [6.45, 7) is 8.04. The fraction of sp³-hybridized carbons (Fsp3) is 0.600. The average molecular weight is 293 g/mol. The standard InChI is InChI=1S/C15H23N3O3/c1-3-16(4-2)14-7-8-17(10-14)15-6-5-13(18(20)21)9-12(15)11-19/h5-6,9,14,19H,3-4,7-8,10-11H2,1-2H3. The zero-order valence-corrected chi connectivity index (χ0v) is 12.7. The van der Waals surface area contributed by atoms with Crippen LogP contribution in [0.5, 0.6) is 0 Å². The molecule has 0 aliphatic carbocycles. The van der Waals surface area contributed by atoms with Crippen LogP contribution in [-0.2, 0) is 6.61 Å². The minimum Gasteiger partial charge on any atom is -0.392 e. The van der Waals surface area contributed by atoms with Crippen molar-refractivity contribution in [3.63, 3.8) is 0 Å². The number of rotatable bonds is 6. The van der Waals surface area contributed by atoms with Gasteiger partial charge in [0.1, 0.15) is 0 Å². The first kappa shape index (κ1) is 15.7. The molecule has 1 aliphatic rings. The normalized spacial score (nSPS) is 18.5. The van der Waals surface area contributed by atoms with E-state index < -0.39 is 4.92 Å². The Labute approximate surface area is 125 Å². The fourth-order valence-corrected chi connectivity index (χ4v) is 3.12. The van der Waals surface area contributed by atoms with Gasteiger partial charge in [-0.1, -0.05) is 13.8 Å². The van der Waals surface area contributed by atoms with Crippen LogP contribution in [0.3, 0.4) is 0 Å². The summed E-state index contributed by atoms with van der Waals surface area (Å²) in [6, 6.07) is 5.26. The highest BCUT2D eigenvalue weighted by Gasteiger charge is 2.27. The van der Waals surface area contributed by atoms with Gasteiger partial charge in [-0.05, 0) is 25.6 Å². The zero-order valence-electron chi connectivity index (χ0n) is 12.7. The number of aliphatic hydroxyl groups excluding tert-OH is 1. The maximum atomic E-state index is 10.8. The predicted molar refractivity (Wildman–Crippen MR) is 82.6 cm³/mol. The van der Waals surface area contributed by atoms with E-state index in [1.165, 1.54) is 12.1 Å². The van der Waals surface area contributed by atoms with Crippen molar-refractivity contribution in [2.24, 2.45) is 0 Å². The number of benzene rings is 1. The summed E-state index contributed by atoms with van der Waals surface area (Å²) in [5, 5.41) is 20.3. The summed E-state index contributed by atoms with van der Waals surface area (Å²) < 4.78 is 0. The smallest absolute Gasteiger partial charge is 0.269 e. The van der Waals surface area contributed by atoms with Crippen LogP contribution in [0.15, 0.2) is 18.2 Å². The Morgan fingerprint density at radius 3 is 2.71 bits per heavy atom. The van der Waals surface area contributed by atoms with E-state index >= 15 is 0 Å². The molecule has 0 amide bonds. The fourth-order valence-electron chi connectivity index (χ4n) is 3.12. The lowest BCUT2D eigenvalue weighted by Gasteiger charge is -2.27. The number of nitro benzene ring substituents is 1. The van der Waals surface area contributed by atoms with Gasteiger partial charge in [-0.15, -0.1) is 0 Å². The zero-order chi connectivity index (χ0) is 15.4. The SMILES string of the molecule is CCN(CC)C1CCN(c2ccc([N+](=O)[O-])cc2CO)C1. The first-order chi connectivity index (χ1) is 10.1. The number of aliphatic hydroxyl groups is 1. The van der Waals surface area contributed by atoms with Crippen LogP contribution >= 0.6 is 0 Å². The first-order valence-electron chi connectivity index (χ1n) is 7.47. The van der Waals surface area contributed by atoms with Crippen LogP contribution in [0.2, 0.25) is 0 Å². The van der Waals surface area contributed by atoms with E-state index in [4.69, 9.17) is 0 Å². The number of nitrogens with zero attached hydrogens (tertiary/aromatic N) is 3. The van der Waals surface area contributed by atoms with Gasteiger partial charge in [0.25, 0.3) is 5.69 Å². The second-order valence-corrected chi connectivity index (χ2v) is 5.34. The predicted octanol–water partition coefficient (Wildman–Crippen LogP) is 2.01. The van der Waals surface area contributed by atoms with Crippen molar-refractivity contribution in [2.45, 2.75) is 32.9 Å². The first-order valence-corrected chi connectivity index (χ1v) is 7.47. The molecule has 1 heterocycles. The van der Waals surface area contributed by atoms with E-state index in [0.717, 1.165) is 38.3 Å². The Balaban J connectivity index is 2.17. The Morgan fingerprint density at radius 1 is 1.43 bits per heavy atom. The molecular weight excluding hydrogens is 270 g/mol. The summed E-state index contributed by atoms with van der Waals surface area (Å²) in [6.07, 6.45) is 1.09. The molecule has 1 aliphatic heterocycles. The summed E-state index contributed by atoms with van der Waals surface area (Å²) in [5.41, 5.74) is 1.57. The largest absolute Gasteiger partial charge is 0.392 e. The van der Waals surface area contributed by atoms with Crippen LogP contribution in [0.25, 0.3) is 0 Å². The maximum Gasteiger partial charge on any atom is 0.269 e. The van der Waals surface area contributed by atoms with Crippen molar-refractivity contribution in [2.75, 3.05) is 31.1 Å². The number of likely N-dealkylation sites (N-methyl/N-ethyl adjacent to an activating group) is 1. The minimum atomic E-state index is -0.425. The molecule has 116 valence electrons. The van der Waals surface area contributed by atoms with Crippen LogP contribution in [0.4, 0.5) is 11.4 Å². The van der Waals surface area contributed by atoms with Gasteiger partial charge in [0.2, 0.25) is 0 Å². The molecule has 1 saturated heterocycles. The molecule has 1 unspecified atom stereocenters. The second kappa shape index (κ2) is 6.87. The maximum absolute atomic E-state index is 10.8. The van der Waals surface area contributed by atoms with Crippen molar-refractivity contribution in [3.8, 4) is 0 Å². The highest BCUT2D eigenvalue weighted by molar-refractivity contribution is 5.58. The summed E-state index contributed by atoms with van der Waals surface area (Å²) in [7, 11) is 0. The number of nitro groups is 1. The third-order valence-electron chi connectivity index (χ3n) is 4.28. The van der Waals surface area contributed by atoms with Gasteiger partial charge in [-0.3, -0.25) is 15.0 Å². The van der Waals surface area contributed by atoms with Gasteiger partial charge < -0.3 is 10.0 Å². The molecule has 1 fully saturated rings. The number of hydrogen-bond donors (Lipinski definition) is 1. The Bertz CT molecular complexity index is 503. The van der Waals surface area contributed by atoms with Gasteiger partial charge in [0.15, 0.2) is 0 Å². The number of anilines is 1. The van der Waals surface area contributed by atoms with Gasteiger partial charge >= 0.3 is 0 Å². The molecule has 0 spiro atoms. The molecule has 6 heteroatoms. The van der Waals surface area contributed by atoms with Crippen LogP contribution in [-0.4, -0.2) is 47.2 Å². The highest BCUT2D eigenvalue weighted by atomic mass is 16.6. The van der Waals surface area contributed by atoms with E-state index in [-0.39, 0.29) is 12.3 Å². The molecule has 1 atom stereocenters. The lowest BCUT2D eigenvalue weighted by molar-refractivity contribution is -0.384. The molecular formula is C15H23N3O3. The molecule has 1 N–H and O–H groups in total. The van der Waals surface area contributed by atoms with Crippen molar-refractivity contribution >= 4 is 11.4 Å². The Hall–Kier alpha value is -1.66. The van der Waals surface area contributed by atoms with Crippen LogP contribution < -0.4 is 4.90 Å². The van der Waals surface area contributed by atoms with Crippen molar-refractivity contribution in [3.05, 3.63) is 33.9 Å². The summed E-state index contributed by atoms with van der Waals surface area (Å²) in [4.78, 5) is 15.1. The van der Waals surface area contributed by atoms with Crippen LogP contribution in [0.1, 0.15) is 25.8 Å². The molecule has 1 aromatic carbocycles. The van der Waals surface area contributed by atoms with E-state index in [9.17, 15) is 15.2 Å². The van der Waals surface area contributed by atoms with Crippen molar-refractivity contribution < 1.29 is 10.0 Å². The summed E-state index contributed by atoms with van der Waals surface area (Å²) >= 11 is 0. The Kier molecular flexibility index (Phi) is 5.14.